The molecule has 0 fully saturated rings. The Kier molecular flexibility index (Phi) is 5.87. The van der Waals surface area contributed by atoms with Gasteiger partial charge in [-0.1, -0.05) is 29.8 Å². The van der Waals surface area contributed by atoms with E-state index in [0.29, 0.717) is 10.6 Å². The molecular weight excluding hydrogens is 338 g/mol. The van der Waals surface area contributed by atoms with Crippen molar-refractivity contribution >= 4 is 29.1 Å². The molecule has 0 aliphatic carbocycles. The van der Waals surface area contributed by atoms with Crippen LogP contribution >= 0.6 is 11.6 Å². The molecule has 0 bridgehead atoms. The Balaban J connectivity index is 2.17. The molecule has 0 saturated carbocycles. The van der Waals surface area contributed by atoms with E-state index in [4.69, 9.17) is 11.6 Å². The molecule has 2 aromatic rings. The lowest BCUT2D eigenvalue weighted by Crippen LogP contribution is -2.30. The number of carbonyl (C=O) groups is 2. The predicted molar refractivity (Wildman–Crippen MR) is 87.6 cm³/mol. The molecule has 1 atom stereocenters. The van der Waals surface area contributed by atoms with Gasteiger partial charge in [0, 0.05) is 18.0 Å². The fourth-order valence-electron chi connectivity index (χ4n) is 2.22. The Bertz CT molecular complexity index is 768. The fourth-order valence-corrected chi connectivity index (χ4v) is 2.49. The van der Waals surface area contributed by atoms with Crippen molar-refractivity contribution in [3.8, 4) is 0 Å². The van der Waals surface area contributed by atoms with Gasteiger partial charge < -0.3 is 10.6 Å². The molecule has 0 radical (unpaired) electrons. The van der Waals surface area contributed by atoms with Gasteiger partial charge in [0.2, 0.25) is 11.8 Å². The minimum Gasteiger partial charge on any atom is -0.349 e. The van der Waals surface area contributed by atoms with E-state index in [1.54, 1.807) is 24.3 Å². The van der Waals surface area contributed by atoms with Gasteiger partial charge in [0.25, 0.3) is 0 Å². The zero-order valence-corrected chi connectivity index (χ0v) is 13.5. The van der Waals surface area contributed by atoms with E-state index >= 15 is 0 Å². The highest BCUT2D eigenvalue weighted by Crippen LogP contribution is 2.26. The lowest BCUT2D eigenvalue weighted by molar-refractivity contribution is -0.120. The van der Waals surface area contributed by atoms with Gasteiger partial charge in [0.1, 0.15) is 11.6 Å². The van der Waals surface area contributed by atoms with Crippen LogP contribution in [0.5, 0.6) is 0 Å². The Morgan fingerprint density at radius 2 is 1.88 bits per heavy atom. The molecule has 1 unspecified atom stereocenters. The number of halogens is 3. The molecule has 0 aliphatic heterocycles. The lowest BCUT2D eigenvalue weighted by Gasteiger charge is -2.19. The van der Waals surface area contributed by atoms with Crippen LogP contribution in [-0.4, -0.2) is 11.8 Å². The summed E-state index contributed by atoms with van der Waals surface area (Å²) in [7, 11) is 0. The second kappa shape index (κ2) is 7.88. The smallest absolute Gasteiger partial charge is 0.226 e. The molecule has 0 spiro atoms. The molecule has 2 aromatic carbocycles. The first-order chi connectivity index (χ1) is 11.4. The first-order valence-electron chi connectivity index (χ1n) is 7.13. The SMILES string of the molecule is CC(=O)NC(CC(=O)Nc1cc(F)ccc1F)c1ccccc1Cl. The second-order valence-corrected chi connectivity index (χ2v) is 5.56. The van der Waals surface area contributed by atoms with Gasteiger partial charge >= 0.3 is 0 Å². The summed E-state index contributed by atoms with van der Waals surface area (Å²) in [5, 5.41) is 5.31. The van der Waals surface area contributed by atoms with Crippen LogP contribution in [-0.2, 0) is 9.59 Å². The molecule has 0 aliphatic rings. The zero-order chi connectivity index (χ0) is 17.7. The van der Waals surface area contributed by atoms with Crippen molar-refractivity contribution in [1.29, 1.82) is 0 Å². The maximum atomic E-state index is 13.6. The van der Waals surface area contributed by atoms with Crippen LogP contribution in [0.3, 0.4) is 0 Å². The summed E-state index contributed by atoms with van der Waals surface area (Å²) >= 11 is 6.10. The summed E-state index contributed by atoms with van der Waals surface area (Å²) in [5.74, 6) is -2.35. The summed E-state index contributed by atoms with van der Waals surface area (Å²) in [6, 6.07) is 8.83. The first-order valence-corrected chi connectivity index (χ1v) is 7.51. The van der Waals surface area contributed by atoms with Crippen LogP contribution < -0.4 is 10.6 Å². The average molecular weight is 353 g/mol. The Hall–Kier alpha value is -2.47. The first kappa shape index (κ1) is 17.9. The highest BCUT2D eigenvalue weighted by Gasteiger charge is 2.20. The van der Waals surface area contributed by atoms with Crippen LogP contribution in [0.2, 0.25) is 5.02 Å². The number of hydrogen-bond acceptors (Lipinski definition) is 2. The van der Waals surface area contributed by atoms with E-state index in [0.717, 1.165) is 18.2 Å². The van der Waals surface area contributed by atoms with Crippen LogP contribution in [0.15, 0.2) is 42.5 Å². The Morgan fingerprint density at radius 1 is 1.17 bits per heavy atom. The van der Waals surface area contributed by atoms with Gasteiger partial charge in [-0.15, -0.1) is 0 Å². The molecule has 24 heavy (non-hydrogen) atoms. The topological polar surface area (TPSA) is 58.2 Å². The number of benzene rings is 2. The standard InChI is InChI=1S/C17H15ClF2N2O2/c1-10(23)21-15(12-4-2-3-5-13(12)18)9-17(24)22-16-8-11(19)6-7-14(16)20/h2-8,15H,9H2,1H3,(H,21,23)(H,22,24). The predicted octanol–water partition coefficient (Wildman–Crippen LogP) is 3.82. The van der Waals surface area contributed by atoms with Gasteiger partial charge in [-0.3, -0.25) is 9.59 Å². The van der Waals surface area contributed by atoms with Crippen LogP contribution in [0.4, 0.5) is 14.5 Å². The monoisotopic (exact) mass is 352 g/mol. The maximum absolute atomic E-state index is 13.6. The third-order valence-corrected chi connectivity index (χ3v) is 3.59. The number of carbonyl (C=O) groups excluding carboxylic acids is 2. The Labute approximate surface area is 142 Å². The molecule has 126 valence electrons. The molecular formula is C17H15ClF2N2O2. The van der Waals surface area contributed by atoms with Crippen LogP contribution in [0.1, 0.15) is 24.9 Å². The van der Waals surface area contributed by atoms with E-state index in [-0.39, 0.29) is 18.0 Å². The normalized spacial score (nSPS) is 11.7. The number of nitrogens with one attached hydrogen (secondary N) is 2. The summed E-state index contributed by atoms with van der Waals surface area (Å²) in [6.45, 7) is 1.31. The third-order valence-electron chi connectivity index (χ3n) is 3.25. The quantitative estimate of drug-likeness (QED) is 0.859. The zero-order valence-electron chi connectivity index (χ0n) is 12.8. The molecule has 2 N–H and O–H groups in total. The molecule has 0 heterocycles. The summed E-state index contributed by atoms with van der Waals surface area (Å²) in [6.07, 6.45) is -0.181. The van der Waals surface area contributed by atoms with E-state index in [2.05, 4.69) is 10.6 Å². The van der Waals surface area contributed by atoms with Crippen molar-refractivity contribution in [1.82, 2.24) is 5.32 Å². The molecule has 7 heteroatoms. The average Bonchev–Trinajstić information content (AvgIpc) is 2.50. The van der Waals surface area contributed by atoms with Crippen molar-refractivity contribution < 1.29 is 18.4 Å². The lowest BCUT2D eigenvalue weighted by atomic mass is 10.0. The number of amides is 2. The largest absolute Gasteiger partial charge is 0.349 e. The number of hydrogen-bond donors (Lipinski definition) is 2. The van der Waals surface area contributed by atoms with Crippen molar-refractivity contribution in [2.75, 3.05) is 5.32 Å². The molecule has 2 rings (SSSR count). The van der Waals surface area contributed by atoms with Gasteiger partial charge in [-0.2, -0.15) is 0 Å². The van der Waals surface area contributed by atoms with Gasteiger partial charge in [-0.05, 0) is 23.8 Å². The summed E-state index contributed by atoms with van der Waals surface area (Å²) < 4.78 is 26.7. The summed E-state index contributed by atoms with van der Waals surface area (Å²) in [5.41, 5.74) is 0.296. The minimum absolute atomic E-state index is 0.181. The summed E-state index contributed by atoms with van der Waals surface area (Å²) in [4.78, 5) is 23.5. The van der Waals surface area contributed by atoms with E-state index in [1.807, 2.05) is 0 Å². The van der Waals surface area contributed by atoms with E-state index in [9.17, 15) is 18.4 Å². The van der Waals surface area contributed by atoms with Crippen molar-refractivity contribution in [3.05, 3.63) is 64.7 Å². The highest BCUT2D eigenvalue weighted by molar-refractivity contribution is 6.31. The molecule has 0 aromatic heterocycles. The maximum Gasteiger partial charge on any atom is 0.226 e. The third kappa shape index (κ3) is 4.76. The van der Waals surface area contributed by atoms with Gasteiger partial charge in [-0.25, -0.2) is 8.78 Å². The molecule has 0 saturated heterocycles. The highest BCUT2D eigenvalue weighted by atomic mass is 35.5. The number of anilines is 1. The van der Waals surface area contributed by atoms with Crippen LogP contribution in [0, 0.1) is 11.6 Å². The van der Waals surface area contributed by atoms with Gasteiger partial charge in [0.15, 0.2) is 0 Å². The second-order valence-electron chi connectivity index (χ2n) is 5.15. The minimum atomic E-state index is -0.751. The number of rotatable bonds is 5. The van der Waals surface area contributed by atoms with Gasteiger partial charge in [0.05, 0.1) is 18.2 Å². The van der Waals surface area contributed by atoms with Crippen molar-refractivity contribution in [2.45, 2.75) is 19.4 Å². The van der Waals surface area contributed by atoms with Crippen molar-refractivity contribution in [3.63, 3.8) is 0 Å². The fraction of sp³-hybridized carbons (Fsp3) is 0.176. The molecule has 2 amide bonds. The van der Waals surface area contributed by atoms with Crippen LogP contribution in [0.25, 0.3) is 0 Å². The Morgan fingerprint density at radius 3 is 2.54 bits per heavy atom. The van der Waals surface area contributed by atoms with Crippen molar-refractivity contribution in [2.24, 2.45) is 0 Å². The van der Waals surface area contributed by atoms with E-state index in [1.165, 1.54) is 6.92 Å². The molecule has 4 nitrogen and oxygen atoms in total. The van der Waals surface area contributed by atoms with E-state index < -0.39 is 23.6 Å².